The summed E-state index contributed by atoms with van der Waals surface area (Å²) < 4.78 is 5.34. The van der Waals surface area contributed by atoms with Crippen LogP contribution < -0.4 is 0 Å². The second kappa shape index (κ2) is 4.45. The van der Waals surface area contributed by atoms with Gasteiger partial charge in [0.1, 0.15) is 0 Å². The van der Waals surface area contributed by atoms with Crippen molar-refractivity contribution in [2.45, 2.75) is 40.2 Å². The average Bonchev–Trinajstić information content (AvgIpc) is 1.81. The summed E-state index contributed by atoms with van der Waals surface area (Å²) in [6.07, 6.45) is 0.317. The molecule has 0 aromatic rings. The number of carbonyl (C=O) groups is 1. The van der Waals surface area contributed by atoms with Crippen LogP contribution in [0.15, 0.2) is 0 Å². The molecule has 0 unspecified atom stereocenters. The summed E-state index contributed by atoms with van der Waals surface area (Å²) in [6, 6.07) is 0. The summed E-state index contributed by atoms with van der Waals surface area (Å²) in [5, 5.41) is 8.56. The third kappa shape index (κ3) is 6.16. The molecular formula is C9H18O3. The minimum absolute atomic E-state index is 0.152. The lowest BCUT2D eigenvalue weighted by Crippen LogP contribution is -2.24. The van der Waals surface area contributed by atoms with E-state index in [0.29, 0.717) is 6.61 Å². The van der Waals surface area contributed by atoms with Gasteiger partial charge in [-0.1, -0.05) is 13.8 Å². The van der Waals surface area contributed by atoms with Gasteiger partial charge in [0, 0.05) is 0 Å². The van der Waals surface area contributed by atoms with Gasteiger partial charge in [-0.2, -0.15) is 0 Å². The first-order valence-corrected chi connectivity index (χ1v) is 4.17. The monoisotopic (exact) mass is 174 g/mol. The SMILES string of the molecule is CC(C)OCC(C)(C)CC(=O)O. The molecule has 0 fully saturated rings. The maximum absolute atomic E-state index is 10.4. The molecule has 0 aliphatic carbocycles. The molecule has 0 bridgehead atoms. The Morgan fingerprint density at radius 2 is 2.00 bits per heavy atom. The van der Waals surface area contributed by atoms with Crippen LogP contribution in [0.5, 0.6) is 0 Å². The van der Waals surface area contributed by atoms with Gasteiger partial charge < -0.3 is 9.84 Å². The number of hydrogen-bond donors (Lipinski definition) is 1. The Hall–Kier alpha value is -0.570. The van der Waals surface area contributed by atoms with Gasteiger partial charge in [-0.05, 0) is 19.3 Å². The number of carboxylic acid groups (broad SMARTS) is 1. The maximum Gasteiger partial charge on any atom is 0.303 e. The summed E-state index contributed by atoms with van der Waals surface area (Å²) in [5.74, 6) is -0.771. The highest BCUT2D eigenvalue weighted by Gasteiger charge is 2.22. The molecule has 0 radical (unpaired) electrons. The molecule has 0 rings (SSSR count). The molecule has 1 N–H and O–H groups in total. The van der Waals surface area contributed by atoms with Crippen LogP contribution in [0.3, 0.4) is 0 Å². The van der Waals surface area contributed by atoms with E-state index in [0.717, 1.165) is 0 Å². The molecule has 0 spiro atoms. The molecule has 0 aromatic heterocycles. The summed E-state index contributed by atoms with van der Waals surface area (Å²) >= 11 is 0. The van der Waals surface area contributed by atoms with Crippen LogP contribution in [-0.4, -0.2) is 23.8 Å². The number of ether oxygens (including phenoxy) is 1. The van der Waals surface area contributed by atoms with E-state index in [1.54, 1.807) is 0 Å². The fourth-order valence-corrected chi connectivity index (χ4v) is 0.853. The molecule has 0 aliphatic rings. The minimum atomic E-state index is -0.771. The van der Waals surface area contributed by atoms with Crippen LogP contribution in [-0.2, 0) is 9.53 Å². The Labute approximate surface area is 73.7 Å². The number of rotatable bonds is 5. The number of hydrogen-bond acceptors (Lipinski definition) is 2. The second-order valence-electron chi connectivity index (χ2n) is 4.09. The third-order valence-corrected chi connectivity index (χ3v) is 1.44. The predicted octanol–water partition coefficient (Wildman–Crippen LogP) is 1.91. The van der Waals surface area contributed by atoms with E-state index in [4.69, 9.17) is 9.84 Å². The Balaban J connectivity index is 3.78. The third-order valence-electron chi connectivity index (χ3n) is 1.44. The Bertz CT molecular complexity index is 150. The van der Waals surface area contributed by atoms with Gasteiger partial charge in [-0.3, -0.25) is 4.79 Å². The smallest absolute Gasteiger partial charge is 0.303 e. The number of aliphatic carboxylic acids is 1. The zero-order valence-corrected chi connectivity index (χ0v) is 8.26. The van der Waals surface area contributed by atoms with Crippen LogP contribution >= 0.6 is 0 Å². The minimum Gasteiger partial charge on any atom is -0.481 e. The van der Waals surface area contributed by atoms with Crippen molar-refractivity contribution >= 4 is 5.97 Å². The molecule has 0 atom stereocenters. The zero-order valence-electron chi connectivity index (χ0n) is 8.26. The topological polar surface area (TPSA) is 46.5 Å². The fraction of sp³-hybridized carbons (Fsp3) is 0.889. The van der Waals surface area contributed by atoms with E-state index in [9.17, 15) is 4.79 Å². The highest BCUT2D eigenvalue weighted by atomic mass is 16.5. The van der Waals surface area contributed by atoms with Crippen molar-refractivity contribution < 1.29 is 14.6 Å². The molecule has 0 saturated heterocycles. The van der Waals surface area contributed by atoms with Crippen molar-refractivity contribution in [3.63, 3.8) is 0 Å². The first-order valence-electron chi connectivity index (χ1n) is 4.17. The summed E-state index contributed by atoms with van der Waals surface area (Å²) in [6.45, 7) is 8.16. The van der Waals surface area contributed by atoms with E-state index in [2.05, 4.69) is 0 Å². The number of carboxylic acids is 1. The molecule has 12 heavy (non-hydrogen) atoms. The van der Waals surface area contributed by atoms with Gasteiger partial charge >= 0.3 is 5.97 Å². The summed E-state index contributed by atoms with van der Waals surface area (Å²) in [5.41, 5.74) is -0.268. The Kier molecular flexibility index (Phi) is 4.24. The molecule has 0 amide bonds. The maximum atomic E-state index is 10.4. The van der Waals surface area contributed by atoms with Crippen molar-refractivity contribution in [1.29, 1.82) is 0 Å². The molecule has 3 heteroatoms. The lowest BCUT2D eigenvalue weighted by Gasteiger charge is -2.23. The second-order valence-corrected chi connectivity index (χ2v) is 4.09. The van der Waals surface area contributed by atoms with Crippen LogP contribution in [0.25, 0.3) is 0 Å². The van der Waals surface area contributed by atoms with Crippen molar-refractivity contribution in [2.75, 3.05) is 6.61 Å². The first-order chi connectivity index (χ1) is 5.33. The van der Waals surface area contributed by atoms with Crippen molar-refractivity contribution in [1.82, 2.24) is 0 Å². The van der Waals surface area contributed by atoms with Gasteiger partial charge in [-0.25, -0.2) is 0 Å². The van der Waals surface area contributed by atoms with Gasteiger partial charge in [0.2, 0.25) is 0 Å². The largest absolute Gasteiger partial charge is 0.481 e. The molecular weight excluding hydrogens is 156 g/mol. The van der Waals surface area contributed by atoms with Crippen LogP contribution in [0.4, 0.5) is 0 Å². The van der Waals surface area contributed by atoms with Gasteiger partial charge in [0.15, 0.2) is 0 Å². The molecule has 0 aliphatic heterocycles. The molecule has 0 heterocycles. The molecule has 3 nitrogen and oxygen atoms in total. The van der Waals surface area contributed by atoms with Gasteiger partial charge in [0.05, 0.1) is 19.1 Å². The van der Waals surface area contributed by atoms with E-state index >= 15 is 0 Å². The Morgan fingerprint density at radius 3 is 2.33 bits per heavy atom. The highest BCUT2D eigenvalue weighted by Crippen LogP contribution is 2.20. The Morgan fingerprint density at radius 1 is 1.50 bits per heavy atom. The normalized spacial score (nSPS) is 12.1. The molecule has 0 saturated carbocycles. The van der Waals surface area contributed by atoms with Crippen molar-refractivity contribution in [3.8, 4) is 0 Å². The lowest BCUT2D eigenvalue weighted by molar-refractivity contribution is -0.140. The van der Waals surface area contributed by atoms with E-state index in [-0.39, 0.29) is 17.9 Å². The van der Waals surface area contributed by atoms with Gasteiger partial charge in [-0.15, -0.1) is 0 Å². The highest BCUT2D eigenvalue weighted by molar-refractivity contribution is 5.67. The molecule has 0 aromatic carbocycles. The average molecular weight is 174 g/mol. The van der Waals surface area contributed by atoms with E-state index in [1.165, 1.54) is 0 Å². The predicted molar refractivity (Wildman–Crippen MR) is 47.1 cm³/mol. The van der Waals surface area contributed by atoms with E-state index < -0.39 is 5.97 Å². The van der Waals surface area contributed by atoms with Crippen molar-refractivity contribution in [3.05, 3.63) is 0 Å². The van der Waals surface area contributed by atoms with Crippen LogP contribution in [0, 0.1) is 5.41 Å². The first kappa shape index (κ1) is 11.4. The van der Waals surface area contributed by atoms with Crippen LogP contribution in [0.2, 0.25) is 0 Å². The quantitative estimate of drug-likeness (QED) is 0.692. The lowest BCUT2D eigenvalue weighted by atomic mass is 9.90. The van der Waals surface area contributed by atoms with E-state index in [1.807, 2.05) is 27.7 Å². The molecule has 72 valence electrons. The fourth-order valence-electron chi connectivity index (χ4n) is 0.853. The van der Waals surface area contributed by atoms with Gasteiger partial charge in [0.25, 0.3) is 0 Å². The summed E-state index contributed by atoms with van der Waals surface area (Å²) in [7, 11) is 0. The zero-order chi connectivity index (χ0) is 9.78. The summed E-state index contributed by atoms with van der Waals surface area (Å²) in [4.78, 5) is 10.4. The standard InChI is InChI=1S/C9H18O3/c1-7(2)12-6-9(3,4)5-8(10)11/h7H,5-6H2,1-4H3,(H,10,11). The van der Waals surface area contributed by atoms with Crippen molar-refractivity contribution in [2.24, 2.45) is 5.41 Å². The van der Waals surface area contributed by atoms with Crippen LogP contribution in [0.1, 0.15) is 34.1 Å².